The highest BCUT2D eigenvalue weighted by atomic mass is 15.2. The standard InChI is InChI=1S/C15H28N4/c1-4-9-17-15(16-5-2)18-12-14(3)13-19-10-7-6-8-11-19/h1,14H,5-13H2,2-3H3,(H2,16,17,18). The molecule has 0 aromatic heterocycles. The third-order valence-corrected chi connectivity index (χ3v) is 3.28. The zero-order valence-electron chi connectivity index (χ0n) is 12.4. The van der Waals surface area contributed by atoms with Gasteiger partial charge in [-0.1, -0.05) is 19.3 Å². The van der Waals surface area contributed by atoms with Crippen molar-refractivity contribution in [1.82, 2.24) is 15.5 Å². The van der Waals surface area contributed by atoms with Gasteiger partial charge in [0.2, 0.25) is 0 Å². The van der Waals surface area contributed by atoms with Gasteiger partial charge in [0.15, 0.2) is 5.96 Å². The maximum Gasteiger partial charge on any atom is 0.192 e. The first-order valence-corrected chi connectivity index (χ1v) is 7.44. The highest BCUT2D eigenvalue weighted by Gasteiger charge is 2.13. The number of aliphatic imine (C=N–C) groups is 1. The lowest BCUT2D eigenvalue weighted by Crippen LogP contribution is -2.38. The predicted octanol–water partition coefficient (Wildman–Crippen LogP) is 1.30. The number of terminal acetylenes is 1. The first-order chi connectivity index (χ1) is 9.26. The van der Waals surface area contributed by atoms with E-state index in [0.29, 0.717) is 12.5 Å². The molecule has 4 nitrogen and oxygen atoms in total. The van der Waals surface area contributed by atoms with E-state index < -0.39 is 0 Å². The van der Waals surface area contributed by atoms with Crippen molar-refractivity contribution in [2.75, 3.05) is 39.3 Å². The van der Waals surface area contributed by atoms with Crippen LogP contribution in [0.25, 0.3) is 0 Å². The van der Waals surface area contributed by atoms with Crippen LogP contribution in [0.3, 0.4) is 0 Å². The zero-order valence-corrected chi connectivity index (χ0v) is 12.4. The largest absolute Gasteiger partial charge is 0.357 e. The van der Waals surface area contributed by atoms with Gasteiger partial charge in [0.1, 0.15) is 0 Å². The number of nitrogens with one attached hydrogen (secondary N) is 2. The lowest BCUT2D eigenvalue weighted by molar-refractivity contribution is 0.203. The van der Waals surface area contributed by atoms with Gasteiger partial charge in [-0.2, -0.15) is 0 Å². The molecule has 0 aliphatic carbocycles. The smallest absolute Gasteiger partial charge is 0.192 e. The van der Waals surface area contributed by atoms with Crippen molar-refractivity contribution in [3.05, 3.63) is 0 Å². The van der Waals surface area contributed by atoms with Gasteiger partial charge < -0.3 is 15.5 Å². The van der Waals surface area contributed by atoms with Crippen LogP contribution >= 0.6 is 0 Å². The molecule has 0 radical (unpaired) electrons. The fraction of sp³-hybridized carbons (Fsp3) is 0.800. The van der Waals surface area contributed by atoms with E-state index in [4.69, 9.17) is 6.42 Å². The third-order valence-electron chi connectivity index (χ3n) is 3.28. The number of hydrogen-bond donors (Lipinski definition) is 2. The van der Waals surface area contributed by atoms with Crippen LogP contribution in [-0.4, -0.2) is 50.1 Å². The third kappa shape index (κ3) is 7.07. The number of guanidine groups is 1. The molecule has 0 saturated carbocycles. The summed E-state index contributed by atoms with van der Waals surface area (Å²) in [6, 6.07) is 0. The zero-order chi connectivity index (χ0) is 13.9. The number of rotatable bonds is 6. The Morgan fingerprint density at radius 2 is 2.05 bits per heavy atom. The van der Waals surface area contributed by atoms with E-state index in [1.54, 1.807) is 0 Å². The molecule has 1 aliphatic rings. The van der Waals surface area contributed by atoms with Crippen molar-refractivity contribution in [2.24, 2.45) is 10.9 Å². The average molecular weight is 264 g/mol. The molecular formula is C15H28N4. The SMILES string of the molecule is C#CCNC(=NCC(C)CN1CCCCC1)NCC. The minimum Gasteiger partial charge on any atom is -0.357 e. The van der Waals surface area contributed by atoms with Crippen LogP contribution in [0.15, 0.2) is 4.99 Å². The van der Waals surface area contributed by atoms with Gasteiger partial charge >= 0.3 is 0 Å². The van der Waals surface area contributed by atoms with E-state index in [1.165, 1.54) is 32.4 Å². The van der Waals surface area contributed by atoms with Gasteiger partial charge in [-0.3, -0.25) is 4.99 Å². The summed E-state index contributed by atoms with van der Waals surface area (Å²) in [5.41, 5.74) is 0. The van der Waals surface area contributed by atoms with Crippen LogP contribution in [0.5, 0.6) is 0 Å². The second-order valence-corrected chi connectivity index (χ2v) is 5.24. The molecule has 108 valence electrons. The molecule has 2 N–H and O–H groups in total. The molecule has 0 bridgehead atoms. The summed E-state index contributed by atoms with van der Waals surface area (Å²) in [6.45, 7) is 10.2. The summed E-state index contributed by atoms with van der Waals surface area (Å²) in [4.78, 5) is 7.15. The van der Waals surface area contributed by atoms with E-state index in [1.807, 2.05) is 0 Å². The first-order valence-electron chi connectivity index (χ1n) is 7.44. The van der Waals surface area contributed by atoms with Crippen molar-refractivity contribution in [2.45, 2.75) is 33.1 Å². The minimum absolute atomic E-state index is 0.520. The molecule has 1 atom stereocenters. The van der Waals surface area contributed by atoms with Crippen molar-refractivity contribution in [3.63, 3.8) is 0 Å². The lowest BCUT2D eigenvalue weighted by Gasteiger charge is -2.28. The number of hydrogen-bond acceptors (Lipinski definition) is 2. The average Bonchev–Trinajstić information content (AvgIpc) is 2.43. The van der Waals surface area contributed by atoms with Crippen molar-refractivity contribution in [3.8, 4) is 12.3 Å². The van der Waals surface area contributed by atoms with E-state index >= 15 is 0 Å². The molecule has 0 aromatic rings. The normalized spacial score (nSPS) is 18.7. The van der Waals surface area contributed by atoms with Crippen molar-refractivity contribution in [1.29, 1.82) is 0 Å². The highest BCUT2D eigenvalue weighted by Crippen LogP contribution is 2.10. The molecule has 0 amide bonds. The first kappa shape index (κ1) is 15.8. The van der Waals surface area contributed by atoms with E-state index in [-0.39, 0.29) is 0 Å². The van der Waals surface area contributed by atoms with Crippen LogP contribution < -0.4 is 10.6 Å². The van der Waals surface area contributed by atoms with Gasteiger partial charge in [0.25, 0.3) is 0 Å². The maximum absolute atomic E-state index is 5.25. The molecule has 0 aromatic carbocycles. The molecule has 1 unspecified atom stereocenters. The molecule has 1 aliphatic heterocycles. The number of likely N-dealkylation sites (tertiary alicyclic amines) is 1. The summed E-state index contributed by atoms with van der Waals surface area (Å²) in [5, 5.41) is 6.32. The second-order valence-electron chi connectivity index (χ2n) is 5.24. The Morgan fingerprint density at radius 1 is 1.32 bits per heavy atom. The Labute approximate surface area is 118 Å². The highest BCUT2D eigenvalue weighted by molar-refractivity contribution is 5.79. The Kier molecular flexibility index (Phi) is 8.08. The van der Waals surface area contributed by atoms with Gasteiger partial charge in [-0.25, -0.2) is 0 Å². The number of nitrogens with zero attached hydrogens (tertiary/aromatic N) is 2. The van der Waals surface area contributed by atoms with Gasteiger partial charge in [-0.15, -0.1) is 6.42 Å². The Morgan fingerprint density at radius 3 is 2.68 bits per heavy atom. The summed E-state index contributed by atoms with van der Waals surface area (Å²) in [6.07, 6.45) is 9.34. The Hall–Kier alpha value is -1.21. The fourth-order valence-electron chi connectivity index (χ4n) is 2.36. The molecular weight excluding hydrogens is 236 g/mol. The number of piperidine rings is 1. The van der Waals surface area contributed by atoms with Crippen LogP contribution in [0, 0.1) is 18.3 Å². The minimum atomic E-state index is 0.520. The summed E-state index contributed by atoms with van der Waals surface area (Å²) in [5.74, 6) is 3.98. The maximum atomic E-state index is 5.25. The van der Waals surface area contributed by atoms with Gasteiger partial charge in [0, 0.05) is 19.6 Å². The van der Waals surface area contributed by atoms with E-state index in [0.717, 1.165) is 25.6 Å². The lowest BCUT2D eigenvalue weighted by atomic mass is 10.1. The molecule has 1 saturated heterocycles. The fourth-order valence-corrected chi connectivity index (χ4v) is 2.36. The monoisotopic (exact) mass is 264 g/mol. The van der Waals surface area contributed by atoms with Crippen LogP contribution in [0.2, 0.25) is 0 Å². The predicted molar refractivity (Wildman–Crippen MR) is 82.3 cm³/mol. The van der Waals surface area contributed by atoms with Gasteiger partial charge in [-0.05, 0) is 38.8 Å². The molecule has 1 rings (SSSR count). The summed E-state index contributed by atoms with van der Waals surface area (Å²) in [7, 11) is 0. The van der Waals surface area contributed by atoms with Crippen LogP contribution in [-0.2, 0) is 0 Å². The summed E-state index contributed by atoms with van der Waals surface area (Å²) >= 11 is 0. The topological polar surface area (TPSA) is 39.7 Å². The van der Waals surface area contributed by atoms with E-state index in [2.05, 4.69) is 40.3 Å². The quantitative estimate of drug-likeness (QED) is 0.431. The van der Waals surface area contributed by atoms with Crippen molar-refractivity contribution < 1.29 is 0 Å². The van der Waals surface area contributed by atoms with Gasteiger partial charge in [0.05, 0.1) is 6.54 Å². The Bertz CT molecular complexity index is 300. The molecule has 1 heterocycles. The van der Waals surface area contributed by atoms with Crippen LogP contribution in [0.1, 0.15) is 33.1 Å². The Balaban J connectivity index is 2.31. The summed E-state index contributed by atoms with van der Waals surface area (Å²) < 4.78 is 0. The molecule has 19 heavy (non-hydrogen) atoms. The van der Waals surface area contributed by atoms with E-state index in [9.17, 15) is 0 Å². The second kappa shape index (κ2) is 9.69. The van der Waals surface area contributed by atoms with Crippen LogP contribution in [0.4, 0.5) is 0 Å². The molecule has 4 heteroatoms. The molecule has 0 spiro atoms. The van der Waals surface area contributed by atoms with Crippen molar-refractivity contribution >= 4 is 5.96 Å². The molecule has 1 fully saturated rings.